The number of aromatic nitrogens is 2. The van der Waals surface area contributed by atoms with Crippen molar-refractivity contribution in [2.24, 2.45) is 5.92 Å². The third-order valence-electron chi connectivity index (χ3n) is 6.63. The second kappa shape index (κ2) is 12.6. The van der Waals surface area contributed by atoms with Gasteiger partial charge in [0.05, 0.1) is 24.0 Å². The number of rotatable bonds is 9. The van der Waals surface area contributed by atoms with Gasteiger partial charge in [0.15, 0.2) is 0 Å². The summed E-state index contributed by atoms with van der Waals surface area (Å²) in [5, 5.41) is 6.39. The highest BCUT2D eigenvalue weighted by molar-refractivity contribution is 6.06. The molecule has 0 saturated heterocycles. The molecule has 4 rings (SSSR count). The fraction of sp³-hybridized carbons (Fsp3) is 0.414. The van der Waals surface area contributed by atoms with Gasteiger partial charge in [-0.15, -0.1) is 0 Å². The third-order valence-corrected chi connectivity index (χ3v) is 6.63. The molecule has 0 radical (unpaired) electrons. The molecule has 3 aromatic rings. The molecule has 2 heterocycles. The van der Waals surface area contributed by atoms with E-state index < -0.39 is 0 Å². The van der Waals surface area contributed by atoms with Gasteiger partial charge in [-0.2, -0.15) is 0 Å². The van der Waals surface area contributed by atoms with Crippen molar-refractivity contribution in [1.29, 1.82) is 0 Å². The first kappa shape index (κ1) is 25.8. The zero-order chi connectivity index (χ0) is 25.3. The first-order valence-electron chi connectivity index (χ1n) is 12.9. The Kier molecular flexibility index (Phi) is 9.03. The van der Waals surface area contributed by atoms with E-state index in [0.717, 1.165) is 54.9 Å². The summed E-state index contributed by atoms with van der Waals surface area (Å²) in [4.78, 5) is 24.7. The Morgan fingerprint density at radius 1 is 1.14 bits per heavy atom. The Hall–Kier alpha value is -3.29. The van der Waals surface area contributed by atoms with Crippen molar-refractivity contribution in [2.45, 2.75) is 45.8 Å². The molecule has 0 fully saturated rings. The van der Waals surface area contributed by atoms with Gasteiger partial charge in [-0.05, 0) is 62.4 Å². The van der Waals surface area contributed by atoms with Crippen LogP contribution < -0.4 is 15.5 Å². The van der Waals surface area contributed by atoms with Crippen LogP contribution in [0.5, 0.6) is 0 Å². The van der Waals surface area contributed by atoms with E-state index in [2.05, 4.69) is 45.7 Å². The molecule has 1 aromatic heterocycles. The molecule has 2 atom stereocenters. The second-order valence-electron chi connectivity index (χ2n) is 9.41. The average Bonchev–Trinajstić information content (AvgIpc) is 2.96. The van der Waals surface area contributed by atoms with E-state index in [9.17, 15) is 4.79 Å². The van der Waals surface area contributed by atoms with Crippen molar-refractivity contribution >= 4 is 17.5 Å². The molecular formula is C29H37N5O2. The van der Waals surface area contributed by atoms with Crippen LogP contribution in [-0.2, 0) is 17.8 Å². The number of amides is 1. The summed E-state index contributed by atoms with van der Waals surface area (Å²) in [7, 11) is 1.93. The zero-order valence-electron chi connectivity index (χ0n) is 21.5. The van der Waals surface area contributed by atoms with Gasteiger partial charge in [0, 0.05) is 31.5 Å². The summed E-state index contributed by atoms with van der Waals surface area (Å²) in [5.74, 6) is 1.03. The number of carbonyl (C=O) groups excluding carboxylic acids is 1. The highest BCUT2D eigenvalue weighted by Gasteiger charge is 2.25. The molecule has 7 nitrogen and oxygen atoms in total. The molecule has 2 unspecified atom stereocenters. The molecule has 1 aliphatic rings. The van der Waals surface area contributed by atoms with Gasteiger partial charge in [0.1, 0.15) is 0 Å². The third kappa shape index (κ3) is 6.47. The Morgan fingerprint density at radius 2 is 1.97 bits per heavy atom. The maximum Gasteiger partial charge on any atom is 0.261 e. The van der Waals surface area contributed by atoms with Gasteiger partial charge in [-0.25, -0.2) is 9.97 Å². The quantitative estimate of drug-likeness (QED) is 0.442. The van der Waals surface area contributed by atoms with E-state index in [0.29, 0.717) is 30.6 Å². The number of carbonyl (C=O) groups is 1. The van der Waals surface area contributed by atoms with Crippen molar-refractivity contribution in [1.82, 2.24) is 15.3 Å². The van der Waals surface area contributed by atoms with Crippen LogP contribution >= 0.6 is 0 Å². The van der Waals surface area contributed by atoms with Crippen molar-refractivity contribution < 1.29 is 9.53 Å². The molecule has 0 saturated carbocycles. The summed E-state index contributed by atoms with van der Waals surface area (Å²) in [6, 6.07) is 18.4. The maximum absolute atomic E-state index is 13.8. The summed E-state index contributed by atoms with van der Waals surface area (Å²) < 4.78 is 6.31. The molecular weight excluding hydrogens is 450 g/mol. The minimum absolute atomic E-state index is 0.0439. The summed E-state index contributed by atoms with van der Waals surface area (Å²) >= 11 is 0. The molecule has 0 spiro atoms. The van der Waals surface area contributed by atoms with Crippen LogP contribution in [0.3, 0.4) is 0 Å². The summed E-state index contributed by atoms with van der Waals surface area (Å²) in [5.41, 5.74) is 4.46. The Labute approximate surface area is 214 Å². The number of nitrogens with zero attached hydrogens (tertiary/aromatic N) is 3. The normalized spacial score (nSPS) is 17.0. The number of ether oxygens (including phenoxy) is 1. The lowest BCUT2D eigenvalue weighted by molar-refractivity contribution is 0.0411. The largest absolute Gasteiger partial charge is 0.368 e. The molecule has 190 valence electrons. The van der Waals surface area contributed by atoms with Crippen LogP contribution in [0.15, 0.2) is 60.8 Å². The topological polar surface area (TPSA) is 79.4 Å². The van der Waals surface area contributed by atoms with Crippen LogP contribution in [-0.4, -0.2) is 42.6 Å². The van der Waals surface area contributed by atoms with Gasteiger partial charge in [-0.3, -0.25) is 4.79 Å². The van der Waals surface area contributed by atoms with Crippen LogP contribution in [0.4, 0.5) is 11.6 Å². The number of aryl methyl sites for hydroxylation is 1. The van der Waals surface area contributed by atoms with Crippen molar-refractivity contribution in [2.75, 3.05) is 36.9 Å². The smallest absolute Gasteiger partial charge is 0.261 e. The summed E-state index contributed by atoms with van der Waals surface area (Å²) in [6.45, 7) is 6.83. The van der Waals surface area contributed by atoms with E-state index in [4.69, 9.17) is 4.74 Å². The highest BCUT2D eigenvalue weighted by atomic mass is 16.5. The van der Waals surface area contributed by atoms with E-state index in [1.807, 2.05) is 55.3 Å². The molecule has 1 aliphatic heterocycles. The molecule has 0 bridgehead atoms. The minimum Gasteiger partial charge on any atom is -0.368 e. The molecule has 36 heavy (non-hydrogen) atoms. The van der Waals surface area contributed by atoms with Crippen LogP contribution in [0, 0.1) is 5.92 Å². The molecule has 2 N–H and O–H groups in total. The van der Waals surface area contributed by atoms with E-state index in [1.54, 1.807) is 6.20 Å². The zero-order valence-corrected chi connectivity index (χ0v) is 21.5. The summed E-state index contributed by atoms with van der Waals surface area (Å²) in [6.07, 6.45) is 4.34. The lowest BCUT2D eigenvalue weighted by Crippen LogP contribution is -2.33. The van der Waals surface area contributed by atoms with Crippen LogP contribution in [0.1, 0.15) is 60.0 Å². The highest BCUT2D eigenvalue weighted by Crippen LogP contribution is 2.26. The van der Waals surface area contributed by atoms with Gasteiger partial charge in [0.25, 0.3) is 5.91 Å². The fourth-order valence-electron chi connectivity index (χ4n) is 4.54. The maximum atomic E-state index is 13.8. The Bertz CT molecular complexity index is 1140. The van der Waals surface area contributed by atoms with E-state index >= 15 is 0 Å². The number of likely N-dealkylation sites (N-methyl/N-ethyl adjacent to an activating group) is 1. The number of anilines is 2. The Morgan fingerprint density at radius 3 is 2.75 bits per heavy atom. The average molecular weight is 488 g/mol. The van der Waals surface area contributed by atoms with Gasteiger partial charge in [-0.1, -0.05) is 49.4 Å². The molecule has 0 aliphatic carbocycles. The SMILES string of the molecule is CCNc1ncc2c(n1)CCC(C)CCN(c1cccc(COC(CNC)c3ccccc3)c1)C2=O. The monoisotopic (exact) mass is 487 g/mol. The second-order valence-corrected chi connectivity index (χ2v) is 9.41. The lowest BCUT2D eigenvalue weighted by atomic mass is 10.00. The number of benzene rings is 2. The van der Waals surface area contributed by atoms with Crippen molar-refractivity contribution in [3.05, 3.63) is 83.2 Å². The van der Waals surface area contributed by atoms with Crippen LogP contribution in [0.25, 0.3) is 0 Å². The molecule has 7 heteroatoms. The standard InChI is InChI=1S/C29H37N5O2/c1-4-31-29-32-18-25-26(33-29)14-13-21(2)15-16-34(28(25)35)24-12-8-9-22(17-24)20-36-27(19-30-3)23-10-6-5-7-11-23/h5-12,17-18,21,27,30H,4,13-16,19-20H2,1-3H3,(H,31,32,33). The minimum atomic E-state index is -0.0532. The molecule has 2 aromatic carbocycles. The fourth-order valence-corrected chi connectivity index (χ4v) is 4.54. The van der Waals surface area contributed by atoms with Gasteiger partial charge < -0.3 is 20.3 Å². The number of fused-ring (bicyclic) bond motifs is 1. The van der Waals surface area contributed by atoms with Gasteiger partial charge >= 0.3 is 0 Å². The van der Waals surface area contributed by atoms with Crippen molar-refractivity contribution in [3.8, 4) is 0 Å². The molecule has 1 amide bonds. The van der Waals surface area contributed by atoms with Crippen molar-refractivity contribution in [3.63, 3.8) is 0 Å². The first-order valence-corrected chi connectivity index (χ1v) is 12.9. The lowest BCUT2D eigenvalue weighted by Gasteiger charge is -2.25. The number of nitrogens with one attached hydrogen (secondary N) is 2. The predicted molar refractivity (Wildman–Crippen MR) is 144 cm³/mol. The van der Waals surface area contributed by atoms with E-state index in [1.165, 1.54) is 0 Å². The first-order chi connectivity index (χ1) is 17.6. The van der Waals surface area contributed by atoms with Crippen LogP contribution in [0.2, 0.25) is 0 Å². The van der Waals surface area contributed by atoms with E-state index in [-0.39, 0.29) is 12.0 Å². The van der Waals surface area contributed by atoms with Gasteiger partial charge in [0.2, 0.25) is 5.95 Å². The number of hydrogen-bond donors (Lipinski definition) is 2. The Balaban J connectivity index is 1.57. The predicted octanol–water partition coefficient (Wildman–Crippen LogP) is 5.00. The number of hydrogen-bond acceptors (Lipinski definition) is 6.